The lowest BCUT2D eigenvalue weighted by Gasteiger charge is -2.57. The van der Waals surface area contributed by atoms with Gasteiger partial charge in [-0.1, -0.05) is 6.58 Å². The Hall–Kier alpha value is -1.52. The van der Waals surface area contributed by atoms with Crippen molar-refractivity contribution in [3.05, 3.63) is 12.7 Å². The summed E-state index contributed by atoms with van der Waals surface area (Å²) in [6, 6.07) is 0.476. The fraction of sp³-hybridized carbons (Fsp3) is 0.733. The summed E-state index contributed by atoms with van der Waals surface area (Å²) in [4.78, 5) is 22.8. The maximum absolute atomic E-state index is 11.6. The predicted molar refractivity (Wildman–Crippen MR) is 76.2 cm³/mol. The lowest BCUT2D eigenvalue weighted by Crippen LogP contribution is -2.61. The summed E-state index contributed by atoms with van der Waals surface area (Å²) in [6.07, 6.45) is 4.92. The first-order chi connectivity index (χ1) is 9.21. The SMILES string of the molecule is C=CC(=O)NC1CC2(C1)CC(NC(=O)OC(C)(C)C)C2. The van der Waals surface area contributed by atoms with Crippen LogP contribution in [0.15, 0.2) is 12.7 Å². The molecule has 0 aromatic carbocycles. The lowest BCUT2D eigenvalue weighted by molar-refractivity contribution is -0.120. The topological polar surface area (TPSA) is 67.4 Å². The summed E-state index contributed by atoms with van der Waals surface area (Å²) in [5.41, 5.74) is -0.138. The Morgan fingerprint density at radius 3 is 2.10 bits per heavy atom. The summed E-state index contributed by atoms with van der Waals surface area (Å²) >= 11 is 0. The van der Waals surface area contributed by atoms with Crippen molar-refractivity contribution in [2.24, 2.45) is 5.41 Å². The first kappa shape index (κ1) is 14.9. The highest BCUT2D eigenvalue weighted by Crippen LogP contribution is 2.55. The highest BCUT2D eigenvalue weighted by atomic mass is 16.6. The molecule has 0 atom stereocenters. The fourth-order valence-corrected chi connectivity index (χ4v) is 3.24. The van der Waals surface area contributed by atoms with Gasteiger partial charge in [0.1, 0.15) is 5.60 Å². The molecular weight excluding hydrogens is 256 g/mol. The van der Waals surface area contributed by atoms with Crippen molar-refractivity contribution in [2.45, 2.75) is 64.1 Å². The van der Waals surface area contributed by atoms with Crippen LogP contribution in [0.5, 0.6) is 0 Å². The van der Waals surface area contributed by atoms with E-state index in [9.17, 15) is 9.59 Å². The number of carbonyl (C=O) groups excluding carboxylic acids is 2. The van der Waals surface area contributed by atoms with E-state index in [0.29, 0.717) is 5.41 Å². The van der Waals surface area contributed by atoms with Crippen LogP contribution in [-0.2, 0) is 9.53 Å². The zero-order chi connectivity index (χ0) is 15.0. The molecule has 0 unspecified atom stereocenters. The minimum absolute atomic E-state index is 0.104. The van der Waals surface area contributed by atoms with Crippen molar-refractivity contribution in [1.82, 2.24) is 10.6 Å². The fourth-order valence-electron chi connectivity index (χ4n) is 3.24. The van der Waals surface area contributed by atoms with E-state index in [1.807, 2.05) is 20.8 Å². The molecule has 2 saturated carbocycles. The summed E-state index contributed by atoms with van der Waals surface area (Å²) < 4.78 is 5.23. The largest absolute Gasteiger partial charge is 0.444 e. The number of alkyl carbamates (subject to hydrolysis) is 1. The van der Waals surface area contributed by atoms with Crippen LogP contribution in [0.3, 0.4) is 0 Å². The second-order valence-corrected chi connectivity index (χ2v) is 7.07. The van der Waals surface area contributed by atoms with Crippen LogP contribution in [0, 0.1) is 5.41 Å². The van der Waals surface area contributed by atoms with Gasteiger partial charge in [0.15, 0.2) is 0 Å². The Bertz CT molecular complexity index is 411. The summed E-state index contributed by atoms with van der Waals surface area (Å²) in [7, 11) is 0. The van der Waals surface area contributed by atoms with E-state index in [1.54, 1.807) is 0 Å². The summed E-state index contributed by atoms with van der Waals surface area (Å²) in [5.74, 6) is -0.104. The Balaban J connectivity index is 1.65. The molecule has 5 nitrogen and oxygen atoms in total. The third-order valence-corrected chi connectivity index (χ3v) is 3.97. The average molecular weight is 280 g/mol. The van der Waals surface area contributed by atoms with E-state index >= 15 is 0 Å². The van der Waals surface area contributed by atoms with Gasteiger partial charge in [-0.25, -0.2) is 4.79 Å². The van der Waals surface area contributed by atoms with Crippen LogP contribution in [0.2, 0.25) is 0 Å². The molecule has 1 spiro atoms. The molecule has 2 fully saturated rings. The second kappa shape index (κ2) is 5.11. The van der Waals surface area contributed by atoms with Crippen LogP contribution in [0.25, 0.3) is 0 Å². The molecule has 2 amide bonds. The van der Waals surface area contributed by atoms with Crippen molar-refractivity contribution in [3.63, 3.8) is 0 Å². The molecular formula is C15H24N2O3. The molecule has 0 aromatic heterocycles. The minimum atomic E-state index is -0.456. The monoisotopic (exact) mass is 280 g/mol. The molecule has 20 heavy (non-hydrogen) atoms. The van der Waals surface area contributed by atoms with Crippen molar-refractivity contribution < 1.29 is 14.3 Å². The number of ether oxygens (including phenoxy) is 1. The number of hydrogen-bond donors (Lipinski definition) is 2. The number of amides is 2. The highest BCUT2D eigenvalue weighted by Gasteiger charge is 2.53. The van der Waals surface area contributed by atoms with E-state index in [1.165, 1.54) is 6.08 Å². The van der Waals surface area contributed by atoms with Gasteiger partial charge in [-0.05, 0) is 57.9 Å². The molecule has 0 heterocycles. The minimum Gasteiger partial charge on any atom is -0.444 e. The molecule has 0 aliphatic heterocycles. The first-order valence-corrected chi connectivity index (χ1v) is 7.14. The van der Waals surface area contributed by atoms with Gasteiger partial charge < -0.3 is 15.4 Å². The first-order valence-electron chi connectivity index (χ1n) is 7.14. The molecule has 2 rings (SSSR count). The normalized spacial score (nSPS) is 31.8. The van der Waals surface area contributed by atoms with Gasteiger partial charge in [-0.3, -0.25) is 4.79 Å². The lowest BCUT2D eigenvalue weighted by atomic mass is 9.52. The molecule has 0 saturated heterocycles. The van der Waals surface area contributed by atoms with E-state index in [-0.39, 0.29) is 24.1 Å². The molecule has 0 radical (unpaired) electrons. The molecule has 2 aliphatic carbocycles. The molecule has 0 aromatic rings. The smallest absolute Gasteiger partial charge is 0.407 e. The van der Waals surface area contributed by atoms with Gasteiger partial charge >= 0.3 is 6.09 Å². The molecule has 0 bridgehead atoms. The zero-order valence-corrected chi connectivity index (χ0v) is 12.5. The van der Waals surface area contributed by atoms with Gasteiger partial charge in [-0.15, -0.1) is 0 Å². The predicted octanol–water partition coefficient (Wildman–Crippen LogP) is 2.12. The average Bonchev–Trinajstić information content (AvgIpc) is 2.20. The molecule has 112 valence electrons. The van der Waals surface area contributed by atoms with Crippen molar-refractivity contribution >= 4 is 12.0 Å². The van der Waals surface area contributed by atoms with Crippen LogP contribution in [0.1, 0.15) is 46.5 Å². The van der Waals surface area contributed by atoms with Gasteiger partial charge in [0, 0.05) is 12.1 Å². The quantitative estimate of drug-likeness (QED) is 0.778. The van der Waals surface area contributed by atoms with Gasteiger partial charge in [0.25, 0.3) is 0 Å². The third-order valence-electron chi connectivity index (χ3n) is 3.97. The molecule has 2 aliphatic rings. The maximum Gasteiger partial charge on any atom is 0.407 e. The van der Waals surface area contributed by atoms with Gasteiger partial charge in [-0.2, -0.15) is 0 Å². The Morgan fingerprint density at radius 2 is 1.65 bits per heavy atom. The number of carbonyl (C=O) groups is 2. The zero-order valence-electron chi connectivity index (χ0n) is 12.5. The van der Waals surface area contributed by atoms with E-state index in [2.05, 4.69) is 17.2 Å². The summed E-state index contributed by atoms with van der Waals surface area (Å²) in [6.45, 7) is 9.01. The summed E-state index contributed by atoms with van der Waals surface area (Å²) in [5, 5.41) is 5.81. The Morgan fingerprint density at radius 1 is 1.15 bits per heavy atom. The third kappa shape index (κ3) is 3.52. The van der Waals surface area contributed by atoms with Crippen molar-refractivity contribution in [2.75, 3.05) is 0 Å². The number of nitrogens with one attached hydrogen (secondary N) is 2. The number of hydrogen-bond acceptors (Lipinski definition) is 3. The Labute approximate surface area is 120 Å². The van der Waals surface area contributed by atoms with Gasteiger partial charge in [0.2, 0.25) is 5.91 Å². The van der Waals surface area contributed by atoms with E-state index in [4.69, 9.17) is 4.74 Å². The maximum atomic E-state index is 11.6. The standard InChI is InChI=1S/C15H24N2O3/c1-5-12(18)16-10-6-15(7-10)8-11(9-15)17-13(19)20-14(2,3)4/h5,10-11H,1,6-9H2,2-4H3,(H,16,18)(H,17,19). The van der Waals surface area contributed by atoms with Crippen LogP contribution in [0.4, 0.5) is 4.79 Å². The van der Waals surface area contributed by atoms with Crippen molar-refractivity contribution in [3.8, 4) is 0 Å². The molecule has 2 N–H and O–H groups in total. The van der Waals surface area contributed by atoms with E-state index in [0.717, 1.165) is 25.7 Å². The van der Waals surface area contributed by atoms with Gasteiger partial charge in [0.05, 0.1) is 0 Å². The molecule has 5 heteroatoms. The van der Waals surface area contributed by atoms with Crippen molar-refractivity contribution in [1.29, 1.82) is 0 Å². The number of rotatable bonds is 3. The van der Waals surface area contributed by atoms with Crippen LogP contribution >= 0.6 is 0 Å². The van der Waals surface area contributed by atoms with Crippen LogP contribution < -0.4 is 10.6 Å². The van der Waals surface area contributed by atoms with Crippen LogP contribution in [-0.4, -0.2) is 29.7 Å². The Kier molecular flexibility index (Phi) is 3.80. The highest BCUT2D eigenvalue weighted by molar-refractivity contribution is 5.87. The second-order valence-electron chi connectivity index (χ2n) is 7.07. The van der Waals surface area contributed by atoms with E-state index < -0.39 is 5.60 Å².